The van der Waals surface area contributed by atoms with Crippen LogP contribution in [-0.2, 0) is 16.4 Å². The minimum Gasteiger partial charge on any atom is -0.330 e. The zero-order chi connectivity index (χ0) is 15.3. The molecular formula is C16H26N2O2S. The molecule has 118 valence electrons. The third-order valence-electron chi connectivity index (χ3n) is 4.35. The zero-order valence-corrected chi connectivity index (χ0v) is 13.5. The smallest absolute Gasteiger partial charge is 0.240 e. The Morgan fingerprint density at radius 2 is 1.95 bits per heavy atom. The molecule has 2 atom stereocenters. The maximum Gasteiger partial charge on any atom is 0.240 e. The van der Waals surface area contributed by atoms with E-state index in [0.29, 0.717) is 17.4 Å². The van der Waals surface area contributed by atoms with Gasteiger partial charge in [0.15, 0.2) is 0 Å². The van der Waals surface area contributed by atoms with Crippen LogP contribution in [0.15, 0.2) is 29.2 Å². The maximum atomic E-state index is 12.4. The van der Waals surface area contributed by atoms with Crippen molar-refractivity contribution >= 4 is 10.0 Å². The van der Waals surface area contributed by atoms with E-state index >= 15 is 0 Å². The molecule has 0 heterocycles. The van der Waals surface area contributed by atoms with Gasteiger partial charge in [-0.1, -0.05) is 38.3 Å². The number of benzene rings is 1. The summed E-state index contributed by atoms with van der Waals surface area (Å²) in [6.45, 7) is 2.75. The lowest BCUT2D eigenvalue weighted by atomic mass is 9.85. The van der Waals surface area contributed by atoms with Crippen molar-refractivity contribution in [2.75, 3.05) is 6.54 Å². The van der Waals surface area contributed by atoms with E-state index < -0.39 is 10.0 Å². The molecule has 21 heavy (non-hydrogen) atoms. The van der Waals surface area contributed by atoms with Crippen LogP contribution in [0.1, 0.15) is 44.6 Å². The Morgan fingerprint density at radius 1 is 1.24 bits per heavy atom. The molecule has 1 saturated carbocycles. The number of sulfonamides is 1. The van der Waals surface area contributed by atoms with Crippen LogP contribution < -0.4 is 10.5 Å². The van der Waals surface area contributed by atoms with Gasteiger partial charge in [-0.25, -0.2) is 13.1 Å². The minimum atomic E-state index is -3.40. The average Bonchev–Trinajstić information content (AvgIpc) is 2.48. The molecule has 3 N–H and O–H groups in total. The van der Waals surface area contributed by atoms with E-state index in [4.69, 9.17) is 5.73 Å². The summed E-state index contributed by atoms with van der Waals surface area (Å²) in [5, 5.41) is 0. The van der Waals surface area contributed by atoms with Gasteiger partial charge >= 0.3 is 0 Å². The van der Waals surface area contributed by atoms with Crippen LogP contribution in [0.4, 0.5) is 0 Å². The molecule has 0 amide bonds. The Morgan fingerprint density at radius 3 is 2.57 bits per heavy atom. The lowest BCUT2D eigenvalue weighted by Crippen LogP contribution is -2.38. The molecular weight excluding hydrogens is 284 g/mol. The van der Waals surface area contributed by atoms with Gasteiger partial charge in [0.05, 0.1) is 4.90 Å². The van der Waals surface area contributed by atoms with Crippen molar-refractivity contribution in [1.29, 1.82) is 0 Å². The molecule has 1 aliphatic carbocycles. The summed E-state index contributed by atoms with van der Waals surface area (Å²) < 4.78 is 27.7. The number of hydrogen-bond acceptors (Lipinski definition) is 3. The lowest BCUT2D eigenvalue weighted by Gasteiger charge is -2.28. The summed E-state index contributed by atoms with van der Waals surface area (Å²) in [6.07, 6.45) is 6.15. The van der Waals surface area contributed by atoms with Crippen molar-refractivity contribution in [3.8, 4) is 0 Å². The highest BCUT2D eigenvalue weighted by Crippen LogP contribution is 2.27. The minimum absolute atomic E-state index is 0.0809. The van der Waals surface area contributed by atoms with Gasteiger partial charge in [0, 0.05) is 6.04 Å². The van der Waals surface area contributed by atoms with Crippen LogP contribution in [0.25, 0.3) is 0 Å². The standard InChI is InChI=1S/C16H26N2O2S/c1-2-13-4-3-5-15(12-13)18-21(19,20)16-8-6-14(7-9-16)10-11-17/h6-9,13,15,18H,2-5,10-12,17H2,1H3. The molecule has 1 aromatic carbocycles. The lowest BCUT2D eigenvalue weighted by molar-refractivity contribution is 0.301. The number of hydrogen-bond donors (Lipinski definition) is 2. The van der Waals surface area contributed by atoms with Gasteiger partial charge in [-0.2, -0.15) is 0 Å². The van der Waals surface area contributed by atoms with Gasteiger partial charge in [-0.3, -0.25) is 0 Å². The topological polar surface area (TPSA) is 72.2 Å². The second-order valence-electron chi connectivity index (χ2n) is 5.94. The fourth-order valence-corrected chi connectivity index (χ4v) is 4.34. The van der Waals surface area contributed by atoms with E-state index in [9.17, 15) is 8.42 Å². The summed E-state index contributed by atoms with van der Waals surface area (Å²) in [4.78, 5) is 0.349. The quantitative estimate of drug-likeness (QED) is 0.847. The Kier molecular flexibility index (Phi) is 5.79. The average molecular weight is 310 g/mol. The van der Waals surface area contributed by atoms with Gasteiger partial charge in [0.2, 0.25) is 10.0 Å². The van der Waals surface area contributed by atoms with Crippen LogP contribution in [-0.4, -0.2) is 21.0 Å². The summed E-state index contributed by atoms with van der Waals surface area (Å²) in [5.74, 6) is 0.651. The third kappa shape index (κ3) is 4.53. The second-order valence-corrected chi connectivity index (χ2v) is 7.66. The molecule has 5 heteroatoms. The predicted molar refractivity (Wildman–Crippen MR) is 85.6 cm³/mol. The molecule has 0 aromatic heterocycles. The first kappa shape index (κ1) is 16.5. The van der Waals surface area contributed by atoms with Crippen LogP contribution in [0.3, 0.4) is 0 Å². The third-order valence-corrected chi connectivity index (χ3v) is 5.89. The van der Waals surface area contributed by atoms with Crippen LogP contribution in [0.5, 0.6) is 0 Å². The number of nitrogens with one attached hydrogen (secondary N) is 1. The molecule has 0 bridgehead atoms. The molecule has 1 aliphatic rings. The predicted octanol–water partition coefficient (Wildman–Crippen LogP) is 2.43. The molecule has 0 aliphatic heterocycles. The summed E-state index contributed by atoms with van der Waals surface area (Å²) in [7, 11) is -3.40. The van der Waals surface area contributed by atoms with E-state index in [2.05, 4.69) is 11.6 Å². The van der Waals surface area contributed by atoms with Gasteiger partial charge < -0.3 is 5.73 Å². The van der Waals surface area contributed by atoms with Gasteiger partial charge in [-0.15, -0.1) is 0 Å². The first-order valence-corrected chi connectivity index (χ1v) is 9.34. The normalized spacial score (nSPS) is 23.1. The zero-order valence-electron chi connectivity index (χ0n) is 12.7. The molecule has 2 rings (SSSR count). The number of rotatable bonds is 6. The van der Waals surface area contributed by atoms with Crippen molar-refractivity contribution in [3.63, 3.8) is 0 Å². The van der Waals surface area contributed by atoms with Gasteiger partial charge in [-0.05, 0) is 49.4 Å². The van der Waals surface area contributed by atoms with Gasteiger partial charge in [0.25, 0.3) is 0 Å². The van der Waals surface area contributed by atoms with Gasteiger partial charge in [0.1, 0.15) is 0 Å². The Bertz CT molecular complexity index is 540. The largest absolute Gasteiger partial charge is 0.330 e. The fourth-order valence-electron chi connectivity index (χ4n) is 3.06. The molecule has 2 unspecified atom stereocenters. The Labute approximate surface area is 128 Å². The molecule has 4 nitrogen and oxygen atoms in total. The molecule has 0 spiro atoms. The molecule has 1 aromatic rings. The van der Waals surface area contributed by atoms with E-state index in [0.717, 1.165) is 37.7 Å². The summed E-state index contributed by atoms with van der Waals surface area (Å²) in [5.41, 5.74) is 6.57. The Balaban J connectivity index is 2.03. The first-order chi connectivity index (χ1) is 10.0. The highest BCUT2D eigenvalue weighted by Gasteiger charge is 2.25. The molecule has 0 saturated heterocycles. The SMILES string of the molecule is CCC1CCCC(NS(=O)(=O)c2ccc(CCN)cc2)C1. The second kappa shape index (κ2) is 7.38. The van der Waals surface area contributed by atoms with E-state index in [1.165, 1.54) is 6.42 Å². The Hall–Kier alpha value is -0.910. The highest BCUT2D eigenvalue weighted by atomic mass is 32.2. The number of nitrogens with two attached hydrogens (primary N) is 1. The van der Waals surface area contributed by atoms with Crippen LogP contribution >= 0.6 is 0 Å². The maximum absolute atomic E-state index is 12.4. The monoisotopic (exact) mass is 310 g/mol. The highest BCUT2D eigenvalue weighted by molar-refractivity contribution is 7.89. The van der Waals surface area contributed by atoms with Crippen LogP contribution in [0.2, 0.25) is 0 Å². The van der Waals surface area contributed by atoms with Crippen molar-refractivity contribution in [1.82, 2.24) is 4.72 Å². The van der Waals surface area contributed by atoms with Crippen LogP contribution in [0, 0.1) is 5.92 Å². The van der Waals surface area contributed by atoms with Crippen molar-refractivity contribution in [2.24, 2.45) is 11.7 Å². The fraction of sp³-hybridized carbons (Fsp3) is 0.625. The van der Waals surface area contributed by atoms with E-state index in [1.54, 1.807) is 12.1 Å². The molecule has 1 fully saturated rings. The first-order valence-electron chi connectivity index (χ1n) is 7.86. The summed E-state index contributed by atoms with van der Waals surface area (Å²) in [6, 6.07) is 7.12. The van der Waals surface area contributed by atoms with E-state index in [-0.39, 0.29) is 6.04 Å². The van der Waals surface area contributed by atoms with Crippen molar-refractivity contribution in [2.45, 2.75) is 56.4 Å². The van der Waals surface area contributed by atoms with Crippen molar-refractivity contribution in [3.05, 3.63) is 29.8 Å². The van der Waals surface area contributed by atoms with Crippen molar-refractivity contribution < 1.29 is 8.42 Å². The molecule has 0 radical (unpaired) electrons. The summed E-state index contributed by atoms with van der Waals surface area (Å²) >= 11 is 0. The van der Waals surface area contributed by atoms with E-state index in [1.807, 2.05) is 12.1 Å².